The second-order valence-corrected chi connectivity index (χ2v) is 4.66. The number of alkyl halides is 3. The topological polar surface area (TPSA) is 23.5 Å². The van der Waals surface area contributed by atoms with Gasteiger partial charge in [0.25, 0.3) is 0 Å². The number of halogens is 4. The fraction of sp³-hybridized carbons (Fsp3) is 0.500. The van der Waals surface area contributed by atoms with E-state index in [0.29, 0.717) is 10.6 Å². The zero-order valence-corrected chi connectivity index (χ0v) is 10.9. The number of aromatic hydroxyl groups is 1. The van der Waals surface area contributed by atoms with Gasteiger partial charge in [-0.2, -0.15) is 13.2 Å². The lowest BCUT2D eigenvalue weighted by Crippen LogP contribution is -2.27. The van der Waals surface area contributed by atoms with E-state index in [9.17, 15) is 18.3 Å². The molecule has 1 aromatic carbocycles. The summed E-state index contributed by atoms with van der Waals surface area (Å²) in [6.45, 7) is 1.60. The summed E-state index contributed by atoms with van der Waals surface area (Å²) in [5, 5.41) is 10.1. The van der Waals surface area contributed by atoms with Gasteiger partial charge in [0.1, 0.15) is 5.75 Å². The van der Waals surface area contributed by atoms with Gasteiger partial charge in [0, 0.05) is 23.2 Å². The summed E-state index contributed by atoms with van der Waals surface area (Å²) < 4.78 is 36.4. The van der Waals surface area contributed by atoms with Crippen LogP contribution in [-0.4, -0.2) is 29.8 Å². The van der Waals surface area contributed by atoms with E-state index in [4.69, 9.17) is 11.6 Å². The Hall–Kier alpha value is -0.940. The quantitative estimate of drug-likeness (QED) is 0.902. The van der Waals surface area contributed by atoms with Crippen LogP contribution < -0.4 is 0 Å². The van der Waals surface area contributed by atoms with E-state index in [1.807, 2.05) is 0 Å². The standard InChI is InChI=1S/C12H15ClF3NO/c1-8(17(2)6-5-12(14,15)16)10-7-9(13)3-4-11(10)18/h3-4,7-8,18H,5-6H2,1-2H3. The van der Waals surface area contributed by atoms with E-state index in [1.54, 1.807) is 20.0 Å². The fourth-order valence-corrected chi connectivity index (χ4v) is 1.77. The number of benzene rings is 1. The largest absolute Gasteiger partial charge is 0.508 e. The third-order valence-electron chi connectivity index (χ3n) is 2.85. The number of rotatable bonds is 4. The highest BCUT2D eigenvalue weighted by atomic mass is 35.5. The smallest absolute Gasteiger partial charge is 0.390 e. The van der Waals surface area contributed by atoms with Crippen molar-refractivity contribution in [3.63, 3.8) is 0 Å². The minimum atomic E-state index is -4.18. The van der Waals surface area contributed by atoms with E-state index in [2.05, 4.69) is 0 Å². The molecule has 0 fully saturated rings. The van der Waals surface area contributed by atoms with E-state index in [1.165, 1.54) is 17.0 Å². The molecule has 0 saturated heterocycles. The first-order valence-electron chi connectivity index (χ1n) is 5.46. The van der Waals surface area contributed by atoms with Crippen LogP contribution in [0.15, 0.2) is 18.2 Å². The first-order valence-corrected chi connectivity index (χ1v) is 5.84. The minimum Gasteiger partial charge on any atom is -0.508 e. The maximum Gasteiger partial charge on any atom is 0.390 e. The molecule has 0 aliphatic heterocycles. The van der Waals surface area contributed by atoms with Crippen molar-refractivity contribution < 1.29 is 18.3 Å². The lowest BCUT2D eigenvalue weighted by molar-refractivity contribution is -0.138. The highest BCUT2D eigenvalue weighted by Crippen LogP contribution is 2.31. The fourth-order valence-electron chi connectivity index (χ4n) is 1.59. The molecule has 0 bridgehead atoms. The number of phenols is 1. The molecule has 2 nitrogen and oxygen atoms in total. The minimum absolute atomic E-state index is 0.0331. The van der Waals surface area contributed by atoms with Gasteiger partial charge in [0.05, 0.1) is 6.42 Å². The molecule has 1 N–H and O–H groups in total. The number of phenolic OH excluding ortho intramolecular Hbond substituents is 1. The zero-order chi connectivity index (χ0) is 13.9. The van der Waals surface area contributed by atoms with E-state index in [0.717, 1.165) is 0 Å². The maximum atomic E-state index is 12.1. The van der Waals surface area contributed by atoms with Gasteiger partial charge in [-0.25, -0.2) is 0 Å². The van der Waals surface area contributed by atoms with Crippen LogP contribution in [0.3, 0.4) is 0 Å². The Kier molecular flexibility index (Phi) is 4.87. The number of hydrogen-bond acceptors (Lipinski definition) is 2. The van der Waals surface area contributed by atoms with Gasteiger partial charge >= 0.3 is 6.18 Å². The van der Waals surface area contributed by atoms with Gasteiger partial charge < -0.3 is 5.11 Å². The molecule has 1 unspecified atom stereocenters. The lowest BCUT2D eigenvalue weighted by Gasteiger charge is -2.26. The van der Waals surface area contributed by atoms with Crippen molar-refractivity contribution in [3.8, 4) is 5.75 Å². The predicted octanol–water partition coefficient (Wildman–Crippen LogP) is 3.99. The van der Waals surface area contributed by atoms with Crippen molar-refractivity contribution in [1.29, 1.82) is 0 Å². The summed E-state index contributed by atoms with van der Waals surface area (Å²) in [7, 11) is 1.58. The Labute approximate surface area is 109 Å². The molecule has 0 radical (unpaired) electrons. The van der Waals surface area contributed by atoms with E-state index in [-0.39, 0.29) is 18.3 Å². The molecular formula is C12H15ClF3NO. The Morgan fingerprint density at radius 3 is 2.56 bits per heavy atom. The van der Waals surface area contributed by atoms with Crippen LogP contribution in [0.4, 0.5) is 13.2 Å². The van der Waals surface area contributed by atoms with Crippen LogP contribution in [0.5, 0.6) is 5.75 Å². The summed E-state index contributed by atoms with van der Waals surface area (Å²) in [4.78, 5) is 1.53. The van der Waals surface area contributed by atoms with Gasteiger partial charge in [-0.3, -0.25) is 4.90 Å². The van der Waals surface area contributed by atoms with Crippen LogP contribution in [0, 0.1) is 0 Å². The molecule has 0 heterocycles. The number of hydrogen-bond donors (Lipinski definition) is 1. The second kappa shape index (κ2) is 5.80. The van der Waals surface area contributed by atoms with Crippen molar-refractivity contribution in [2.45, 2.75) is 25.6 Å². The summed E-state index contributed by atoms with van der Waals surface area (Å²) >= 11 is 5.81. The molecule has 6 heteroatoms. The van der Waals surface area contributed by atoms with E-state index >= 15 is 0 Å². The van der Waals surface area contributed by atoms with Gasteiger partial charge in [0.15, 0.2) is 0 Å². The third-order valence-corrected chi connectivity index (χ3v) is 3.08. The van der Waals surface area contributed by atoms with Gasteiger partial charge in [0.2, 0.25) is 0 Å². The second-order valence-electron chi connectivity index (χ2n) is 4.22. The molecule has 1 atom stereocenters. The lowest BCUT2D eigenvalue weighted by atomic mass is 10.1. The van der Waals surface area contributed by atoms with Crippen LogP contribution in [-0.2, 0) is 0 Å². The zero-order valence-electron chi connectivity index (χ0n) is 10.1. The Balaban J connectivity index is 2.74. The first-order chi connectivity index (χ1) is 8.20. The summed E-state index contributed by atoms with van der Waals surface area (Å²) in [6, 6.07) is 4.19. The molecule has 0 saturated carbocycles. The average molecular weight is 282 g/mol. The summed E-state index contributed by atoms with van der Waals surface area (Å²) in [6.07, 6.45) is -5.06. The van der Waals surface area contributed by atoms with Crippen LogP contribution in [0.25, 0.3) is 0 Å². The molecule has 0 spiro atoms. The van der Waals surface area contributed by atoms with Crippen molar-refractivity contribution in [1.82, 2.24) is 4.90 Å². The number of nitrogens with zero attached hydrogens (tertiary/aromatic N) is 1. The first kappa shape index (κ1) is 15.1. The molecule has 0 aromatic heterocycles. The van der Waals surface area contributed by atoms with Crippen molar-refractivity contribution in [2.75, 3.05) is 13.6 Å². The predicted molar refractivity (Wildman–Crippen MR) is 64.8 cm³/mol. The van der Waals surface area contributed by atoms with Crippen LogP contribution >= 0.6 is 11.6 Å². The molecular weight excluding hydrogens is 267 g/mol. The average Bonchev–Trinajstić information content (AvgIpc) is 2.27. The Morgan fingerprint density at radius 2 is 2.00 bits per heavy atom. The SMILES string of the molecule is CC(c1cc(Cl)ccc1O)N(C)CCC(F)(F)F. The molecule has 18 heavy (non-hydrogen) atoms. The molecule has 0 amide bonds. The maximum absolute atomic E-state index is 12.1. The van der Waals surface area contributed by atoms with Gasteiger partial charge in [-0.1, -0.05) is 11.6 Å². The Morgan fingerprint density at radius 1 is 1.39 bits per heavy atom. The molecule has 0 aliphatic carbocycles. The third kappa shape index (κ3) is 4.38. The highest BCUT2D eigenvalue weighted by Gasteiger charge is 2.28. The summed E-state index contributed by atoms with van der Waals surface area (Å²) in [5.41, 5.74) is 0.521. The highest BCUT2D eigenvalue weighted by molar-refractivity contribution is 6.30. The van der Waals surface area contributed by atoms with Crippen LogP contribution in [0.1, 0.15) is 24.9 Å². The van der Waals surface area contributed by atoms with Gasteiger partial charge in [-0.15, -0.1) is 0 Å². The van der Waals surface area contributed by atoms with Gasteiger partial charge in [-0.05, 0) is 32.2 Å². The van der Waals surface area contributed by atoms with Crippen molar-refractivity contribution in [2.24, 2.45) is 0 Å². The van der Waals surface area contributed by atoms with Crippen molar-refractivity contribution >= 4 is 11.6 Å². The molecule has 1 rings (SSSR count). The normalized spacial score (nSPS) is 13.9. The Bertz CT molecular complexity index is 409. The molecule has 0 aliphatic rings. The molecule has 102 valence electrons. The van der Waals surface area contributed by atoms with Crippen LogP contribution in [0.2, 0.25) is 5.02 Å². The molecule has 1 aromatic rings. The van der Waals surface area contributed by atoms with E-state index < -0.39 is 12.6 Å². The monoisotopic (exact) mass is 281 g/mol. The van der Waals surface area contributed by atoms with Crippen molar-refractivity contribution in [3.05, 3.63) is 28.8 Å². The summed E-state index contributed by atoms with van der Waals surface area (Å²) in [5.74, 6) is 0.0331.